The summed E-state index contributed by atoms with van der Waals surface area (Å²) < 4.78 is 4.92. The molecule has 0 radical (unpaired) electrons. The molecule has 0 bridgehead atoms. The molecule has 1 atom stereocenters. The number of rotatable bonds is 7. The molecule has 15 heavy (non-hydrogen) atoms. The normalized spacial score (nSPS) is 17.2. The number of carbonyl (C=O) groups is 2. The Bertz CT molecular complexity index is 231. The molecule has 1 saturated carbocycles. The van der Waals surface area contributed by atoms with E-state index in [0.717, 1.165) is 19.3 Å². The molecule has 0 saturated heterocycles. The van der Waals surface area contributed by atoms with Gasteiger partial charge in [-0.2, -0.15) is 0 Å². The second-order valence-corrected chi connectivity index (χ2v) is 4.21. The molecule has 1 aliphatic rings. The fourth-order valence-corrected chi connectivity index (χ4v) is 1.69. The van der Waals surface area contributed by atoms with Crippen molar-refractivity contribution in [2.45, 2.75) is 46.0 Å². The molecule has 0 aromatic carbocycles. The van der Waals surface area contributed by atoms with Crippen LogP contribution in [0, 0.1) is 11.8 Å². The molecular weight excluding hydrogens is 192 g/mol. The molecular formula is C12H20O3. The first-order valence-corrected chi connectivity index (χ1v) is 5.88. The molecule has 0 aromatic rings. The van der Waals surface area contributed by atoms with Gasteiger partial charge >= 0.3 is 5.97 Å². The molecule has 0 amide bonds. The van der Waals surface area contributed by atoms with Crippen LogP contribution < -0.4 is 0 Å². The average molecular weight is 212 g/mol. The van der Waals surface area contributed by atoms with Gasteiger partial charge in [0.25, 0.3) is 0 Å². The van der Waals surface area contributed by atoms with Crippen LogP contribution in [0.5, 0.6) is 0 Å². The minimum atomic E-state index is -0.504. The third-order valence-electron chi connectivity index (χ3n) is 2.72. The van der Waals surface area contributed by atoms with Crippen LogP contribution in [0.1, 0.15) is 46.0 Å². The highest BCUT2D eigenvalue weighted by atomic mass is 16.5. The third-order valence-corrected chi connectivity index (χ3v) is 2.72. The molecule has 0 spiro atoms. The summed E-state index contributed by atoms with van der Waals surface area (Å²) in [7, 11) is 0. The van der Waals surface area contributed by atoms with Gasteiger partial charge in [0, 0.05) is 6.42 Å². The Morgan fingerprint density at radius 2 is 2.00 bits per heavy atom. The highest BCUT2D eigenvalue weighted by Crippen LogP contribution is 2.34. The highest BCUT2D eigenvalue weighted by molar-refractivity contribution is 5.99. The van der Waals surface area contributed by atoms with Crippen molar-refractivity contribution >= 4 is 11.8 Å². The van der Waals surface area contributed by atoms with E-state index in [1.54, 1.807) is 6.92 Å². The van der Waals surface area contributed by atoms with E-state index in [1.165, 1.54) is 0 Å². The lowest BCUT2D eigenvalue weighted by Crippen LogP contribution is -2.26. The van der Waals surface area contributed by atoms with Gasteiger partial charge in [-0.15, -0.1) is 0 Å². The van der Waals surface area contributed by atoms with Gasteiger partial charge in [-0.05, 0) is 32.1 Å². The molecule has 1 rings (SSSR count). The molecule has 0 aromatic heterocycles. The zero-order valence-electron chi connectivity index (χ0n) is 9.62. The number of hydrogen-bond donors (Lipinski definition) is 0. The zero-order chi connectivity index (χ0) is 11.3. The minimum absolute atomic E-state index is 0.0813. The number of hydrogen-bond acceptors (Lipinski definition) is 3. The summed E-state index contributed by atoms with van der Waals surface area (Å²) in [4.78, 5) is 23.3. The van der Waals surface area contributed by atoms with Crippen LogP contribution in [-0.4, -0.2) is 18.4 Å². The van der Waals surface area contributed by atoms with Crippen molar-refractivity contribution in [3.05, 3.63) is 0 Å². The molecule has 1 fully saturated rings. The van der Waals surface area contributed by atoms with Crippen molar-refractivity contribution in [2.75, 3.05) is 6.61 Å². The van der Waals surface area contributed by atoms with Gasteiger partial charge in [0.1, 0.15) is 11.7 Å². The van der Waals surface area contributed by atoms with Gasteiger partial charge in [0.15, 0.2) is 0 Å². The zero-order valence-corrected chi connectivity index (χ0v) is 9.62. The van der Waals surface area contributed by atoms with E-state index < -0.39 is 5.92 Å². The fourth-order valence-electron chi connectivity index (χ4n) is 1.69. The van der Waals surface area contributed by atoms with Crippen LogP contribution in [0.2, 0.25) is 0 Å². The maximum atomic E-state index is 11.8. The van der Waals surface area contributed by atoms with Gasteiger partial charge in [-0.25, -0.2) is 0 Å². The van der Waals surface area contributed by atoms with Crippen LogP contribution in [0.4, 0.5) is 0 Å². The highest BCUT2D eigenvalue weighted by Gasteiger charge is 2.32. The van der Waals surface area contributed by atoms with E-state index >= 15 is 0 Å². The third kappa shape index (κ3) is 4.02. The van der Waals surface area contributed by atoms with E-state index in [4.69, 9.17) is 4.74 Å². The minimum Gasteiger partial charge on any atom is -0.465 e. The molecule has 3 heteroatoms. The molecule has 1 unspecified atom stereocenters. The van der Waals surface area contributed by atoms with E-state index in [-0.39, 0.29) is 11.8 Å². The summed E-state index contributed by atoms with van der Waals surface area (Å²) in [6, 6.07) is 0. The quantitative estimate of drug-likeness (QED) is 0.480. The smallest absolute Gasteiger partial charge is 0.316 e. The van der Waals surface area contributed by atoms with Gasteiger partial charge in [0.05, 0.1) is 6.61 Å². The standard InChI is InChI=1S/C12H20O3/c1-3-5-10(12(14)15-4-2)11(13)8-9-6-7-9/h9-10H,3-8H2,1-2H3. The monoisotopic (exact) mass is 212 g/mol. The summed E-state index contributed by atoms with van der Waals surface area (Å²) in [6.45, 7) is 4.11. The van der Waals surface area contributed by atoms with Crippen molar-refractivity contribution in [1.82, 2.24) is 0 Å². The summed E-state index contributed by atoms with van der Waals surface area (Å²) in [5.74, 6) is -0.204. The second kappa shape index (κ2) is 5.89. The maximum absolute atomic E-state index is 11.8. The first kappa shape index (κ1) is 12.2. The number of ether oxygens (including phenoxy) is 1. The van der Waals surface area contributed by atoms with Crippen LogP contribution in [0.25, 0.3) is 0 Å². The van der Waals surface area contributed by atoms with Crippen LogP contribution in [-0.2, 0) is 14.3 Å². The van der Waals surface area contributed by atoms with Crippen LogP contribution >= 0.6 is 0 Å². The van der Waals surface area contributed by atoms with Crippen LogP contribution in [0.3, 0.4) is 0 Å². The summed E-state index contributed by atoms with van der Waals surface area (Å²) >= 11 is 0. The lowest BCUT2D eigenvalue weighted by Gasteiger charge is -2.13. The Morgan fingerprint density at radius 1 is 1.33 bits per heavy atom. The number of carbonyl (C=O) groups excluding carboxylic acids is 2. The van der Waals surface area contributed by atoms with Crippen molar-refractivity contribution in [3.63, 3.8) is 0 Å². The molecule has 0 aliphatic heterocycles. The Morgan fingerprint density at radius 3 is 2.47 bits per heavy atom. The SMILES string of the molecule is CCCC(C(=O)CC1CC1)C(=O)OCC. The lowest BCUT2D eigenvalue weighted by molar-refractivity contribution is -0.152. The Kier molecular flexibility index (Phi) is 4.79. The number of Topliss-reactive ketones (excluding diaryl/α,β-unsaturated/α-hetero) is 1. The summed E-state index contributed by atoms with van der Waals surface area (Å²) in [6.07, 6.45) is 4.34. The topological polar surface area (TPSA) is 43.4 Å². The van der Waals surface area contributed by atoms with E-state index in [9.17, 15) is 9.59 Å². The van der Waals surface area contributed by atoms with E-state index in [2.05, 4.69) is 0 Å². The predicted octanol–water partition coefficient (Wildman–Crippen LogP) is 2.33. The molecule has 86 valence electrons. The second-order valence-electron chi connectivity index (χ2n) is 4.21. The van der Waals surface area contributed by atoms with Crippen LogP contribution in [0.15, 0.2) is 0 Å². The first-order valence-electron chi connectivity index (χ1n) is 5.88. The molecule has 3 nitrogen and oxygen atoms in total. The maximum Gasteiger partial charge on any atom is 0.316 e. The molecule has 0 heterocycles. The Balaban J connectivity index is 2.46. The first-order chi connectivity index (χ1) is 7.19. The molecule has 0 N–H and O–H groups in total. The van der Waals surface area contributed by atoms with Crippen molar-refractivity contribution < 1.29 is 14.3 Å². The van der Waals surface area contributed by atoms with Gasteiger partial charge in [-0.1, -0.05) is 13.3 Å². The predicted molar refractivity (Wildman–Crippen MR) is 57.4 cm³/mol. The van der Waals surface area contributed by atoms with Gasteiger partial charge < -0.3 is 4.74 Å². The van der Waals surface area contributed by atoms with Gasteiger partial charge in [0.2, 0.25) is 0 Å². The van der Waals surface area contributed by atoms with Crippen molar-refractivity contribution in [2.24, 2.45) is 11.8 Å². The van der Waals surface area contributed by atoms with Gasteiger partial charge in [-0.3, -0.25) is 9.59 Å². The largest absolute Gasteiger partial charge is 0.465 e. The average Bonchev–Trinajstić information content (AvgIpc) is 2.98. The summed E-state index contributed by atoms with van der Waals surface area (Å²) in [5.41, 5.74) is 0. The van der Waals surface area contributed by atoms with E-state index in [0.29, 0.717) is 25.4 Å². The molecule has 1 aliphatic carbocycles. The van der Waals surface area contributed by atoms with Crippen molar-refractivity contribution in [3.8, 4) is 0 Å². The lowest BCUT2D eigenvalue weighted by atomic mass is 9.95. The Labute approximate surface area is 91.2 Å². The van der Waals surface area contributed by atoms with E-state index in [1.807, 2.05) is 6.92 Å². The Hall–Kier alpha value is -0.860. The summed E-state index contributed by atoms with van der Waals surface area (Å²) in [5, 5.41) is 0. The number of esters is 1. The van der Waals surface area contributed by atoms with Crippen molar-refractivity contribution in [1.29, 1.82) is 0 Å². The number of ketones is 1. The fraction of sp³-hybridized carbons (Fsp3) is 0.833.